The van der Waals surface area contributed by atoms with Gasteiger partial charge in [-0.15, -0.1) is 5.10 Å². The number of fused-ring (bicyclic) bond motifs is 1. The van der Waals surface area contributed by atoms with Gasteiger partial charge in [0.15, 0.2) is 5.69 Å². The molecule has 1 aliphatic rings. The quantitative estimate of drug-likeness (QED) is 0.798. The van der Waals surface area contributed by atoms with Gasteiger partial charge < -0.3 is 0 Å². The van der Waals surface area contributed by atoms with E-state index in [-0.39, 0.29) is 23.4 Å². The van der Waals surface area contributed by atoms with E-state index in [1.54, 1.807) is 4.68 Å². The third-order valence-corrected chi connectivity index (χ3v) is 5.70. The van der Waals surface area contributed by atoms with E-state index in [0.29, 0.717) is 24.5 Å². The lowest BCUT2D eigenvalue weighted by molar-refractivity contribution is -0.0284. The lowest BCUT2D eigenvalue weighted by atomic mass is 9.49. The second-order valence-electron chi connectivity index (χ2n) is 7.41. The molecule has 3 nitrogen and oxygen atoms in total. The summed E-state index contributed by atoms with van der Waals surface area (Å²) in [5, 5.41) is 7.99. The van der Waals surface area contributed by atoms with Crippen LogP contribution in [0.25, 0.3) is 0 Å². The molecule has 0 fully saturated rings. The van der Waals surface area contributed by atoms with Gasteiger partial charge in [0.2, 0.25) is 0 Å². The van der Waals surface area contributed by atoms with Crippen molar-refractivity contribution in [2.75, 3.05) is 0 Å². The molecule has 0 bridgehead atoms. The Morgan fingerprint density at radius 2 is 2.00 bits per heavy atom. The van der Waals surface area contributed by atoms with Crippen molar-refractivity contribution in [2.24, 2.45) is 5.92 Å². The molecular weight excluding hydrogens is 282 g/mol. The molecule has 0 spiro atoms. The van der Waals surface area contributed by atoms with Crippen LogP contribution >= 0.6 is 0 Å². The van der Waals surface area contributed by atoms with Crippen molar-refractivity contribution in [3.05, 3.63) is 11.4 Å². The maximum absolute atomic E-state index is 14.6. The van der Waals surface area contributed by atoms with Gasteiger partial charge in [-0.2, -0.15) is 8.78 Å². The number of alkyl halides is 2. The molecule has 2 atom stereocenters. The Bertz CT molecular complexity index is 517. The highest BCUT2D eigenvalue weighted by Gasteiger charge is 2.42. The van der Waals surface area contributed by atoms with Gasteiger partial charge in [-0.1, -0.05) is 44.9 Å². The van der Waals surface area contributed by atoms with Crippen molar-refractivity contribution in [3.63, 3.8) is 0 Å². The number of hydrogen-bond acceptors (Lipinski definition) is 2. The Balaban J connectivity index is 2.37. The summed E-state index contributed by atoms with van der Waals surface area (Å²) in [6.45, 7) is 10.6. The molecule has 2 unspecified atom stereocenters. The van der Waals surface area contributed by atoms with Gasteiger partial charge in [-0.25, -0.2) is 0 Å². The molecule has 0 aromatic carbocycles. The molecule has 7 heteroatoms. The summed E-state index contributed by atoms with van der Waals surface area (Å²) < 4.78 is 30.9. The average molecular weight is 309 g/mol. The Morgan fingerprint density at radius 1 is 1.32 bits per heavy atom. The Morgan fingerprint density at radius 3 is 2.59 bits per heavy atom. The van der Waals surface area contributed by atoms with Crippen molar-refractivity contribution in [1.82, 2.24) is 15.0 Å². The molecule has 0 aliphatic heterocycles. The van der Waals surface area contributed by atoms with Crippen LogP contribution in [0, 0.1) is 5.92 Å². The summed E-state index contributed by atoms with van der Waals surface area (Å²) in [5.41, 5.74) is 0.566. The van der Waals surface area contributed by atoms with Crippen LogP contribution < -0.4 is 0 Å². The largest absolute Gasteiger partial charge is 0.293 e. The Kier molecular flexibility index (Phi) is 5.03. The molecule has 0 N–H and O–H groups in total. The molecule has 122 valence electrons. The van der Waals surface area contributed by atoms with Gasteiger partial charge in [0.25, 0.3) is 5.92 Å². The minimum Gasteiger partial charge on any atom is -0.254 e. The highest BCUT2D eigenvalue weighted by molar-refractivity contribution is 6.38. The second-order valence-corrected chi connectivity index (χ2v) is 7.41. The van der Waals surface area contributed by atoms with Crippen molar-refractivity contribution >= 4 is 14.6 Å². The van der Waals surface area contributed by atoms with Crippen LogP contribution in [0.2, 0.25) is 19.0 Å². The first kappa shape index (κ1) is 17.5. The van der Waals surface area contributed by atoms with Gasteiger partial charge >= 0.3 is 0 Å². The van der Waals surface area contributed by atoms with Crippen molar-refractivity contribution in [2.45, 2.75) is 77.3 Å². The fourth-order valence-electron chi connectivity index (χ4n) is 3.36. The van der Waals surface area contributed by atoms with Crippen LogP contribution in [0.3, 0.4) is 0 Å². The van der Waals surface area contributed by atoms with E-state index in [1.165, 1.54) is 0 Å². The fourth-order valence-corrected chi connectivity index (χ4v) is 3.36. The minimum atomic E-state index is -2.86. The summed E-state index contributed by atoms with van der Waals surface area (Å²) in [4.78, 5) is 0. The third kappa shape index (κ3) is 3.23. The number of rotatable bonds is 4. The van der Waals surface area contributed by atoms with E-state index in [9.17, 15) is 8.78 Å². The smallest absolute Gasteiger partial charge is 0.254 e. The van der Waals surface area contributed by atoms with E-state index in [2.05, 4.69) is 31.0 Å². The predicted octanol–water partition coefficient (Wildman–Crippen LogP) is 3.40. The summed E-state index contributed by atoms with van der Waals surface area (Å²) in [5.74, 6) is -2.43. The molecule has 1 aromatic heterocycles. The van der Waals surface area contributed by atoms with Crippen molar-refractivity contribution in [1.29, 1.82) is 0 Å². The SMILES string of the molecule is CBC(C)n1nnc2c1CCC(C(C)(C)BC)CCC2(F)F. The maximum atomic E-state index is 14.6. The zero-order chi connectivity index (χ0) is 16.5. The van der Waals surface area contributed by atoms with Gasteiger partial charge in [-0.3, -0.25) is 4.68 Å². The first-order chi connectivity index (χ1) is 10.2. The minimum absolute atomic E-state index is 0.0828. The second kappa shape index (κ2) is 6.32. The molecule has 1 aliphatic carbocycles. The number of nitrogens with zero attached hydrogens (tertiary/aromatic N) is 3. The van der Waals surface area contributed by atoms with E-state index >= 15 is 0 Å². The predicted molar refractivity (Wildman–Crippen MR) is 89.7 cm³/mol. The summed E-state index contributed by atoms with van der Waals surface area (Å²) in [6.07, 6.45) is 2.03. The van der Waals surface area contributed by atoms with Crippen LogP contribution in [-0.2, 0) is 12.3 Å². The van der Waals surface area contributed by atoms with E-state index < -0.39 is 5.92 Å². The molecule has 1 aromatic rings. The average Bonchev–Trinajstić information content (AvgIpc) is 2.88. The molecule has 0 saturated heterocycles. The van der Waals surface area contributed by atoms with E-state index in [0.717, 1.165) is 21.0 Å². The number of hydrogen-bond donors (Lipinski definition) is 0. The summed E-state index contributed by atoms with van der Waals surface area (Å²) in [6, 6.07) is 0. The summed E-state index contributed by atoms with van der Waals surface area (Å²) >= 11 is 0. The van der Waals surface area contributed by atoms with Crippen LogP contribution in [0.5, 0.6) is 0 Å². The molecule has 22 heavy (non-hydrogen) atoms. The Hall–Kier alpha value is -0.870. The monoisotopic (exact) mass is 309 g/mol. The summed E-state index contributed by atoms with van der Waals surface area (Å²) in [7, 11) is 1.88. The first-order valence-electron chi connectivity index (χ1n) is 8.55. The van der Waals surface area contributed by atoms with Crippen LogP contribution in [-0.4, -0.2) is 29.6 Å². The topological polar surface area (TPSA) is 30.7 Å². The lowest BCUT2D eigenvalue weighted by Crippen LogP contribution is -2.29. The highest BCUT2D eigenvalue weighted by atomic mass is 19.3. The van der Waals surface area contributed by atoms with Crippen molar-refractivity contribution < 1.29 is 8.78 Å². The molecule has 2 rings (SSSR count). The van der Waals surface area contributed by atoms with Crippen molar-refractivity contribution in [3.8, 4) is 0 Å². The number of halogens is 2. The van der Waals surface area contributed by atoms with Crippen LogP contribution in [0.4, 0.5) is 8.78 Å². The van der Waals surface area contributed by atoms with Gasteiger partial charge in [0, 0.05) is 12.4 Å². The van der Waals surface area contributed by atoms with Gasteiger partial charge in [0.1, 0.15) is 14.6 Å². The standard InChI is InChI=1S/C15H27B2F2N3/c1-10(16-4)22-12-7-6-11(14(2,3)17-5)8-9-15(18,19)13(12)20-21-22/h10-11,16-17H,6-9H2,1-5H3. The molecule has 1 heterocycles. The zero-order valence-electron chi connectivity index (χ0n) is 14.5. The highest BCUT2D eigenvalue weighted by Crippen LogP contribution is 2.45. The first-order valence-corrected chi connectivity index (χ1v) is 8.55. The molecule has 0 radical (unpaired) electrons. The molecule has 0 saturated carbocycles. The van der Waals surface area contributed by atoms with Gasteiger partial charge in [0.05, 0.1) is 5.69 Å². The van der Waals surface area contributed by atoms with Crippen LogP contribution in [0.15, 0.2) is 0 Å². The maximum Gasteiger partial charge on any atom is 0.293 e. The Labute approximate surface area is 133 Å². The van der Waals surface area contributed by atoms with Gasteiger partial charge in [-0.05, 0) is 25.2 Å². The van der Waals surface area contributed by atoms with E-state index in [1.807, 2.05) is 13.7 Å². The zero-order valence-corrected chi connectivity index (χ0v) is 14.5. The molecular formula is C15H27B2F2N3. The molecule has 0 amide bonds. The third-order valence-electron chi connectivity index (χ3n) is 5.70. The van der Waals surface area contributed by atoms with Crippen LogP contribution in [0.1, 0.15) is 57.4 Å². The fraction of sp³-hybridized carbons (Fsp3) is 0.867. The number of aromatic nitrogens is 3. The normalized spacial score (nSPS) is 23.1. The van der Waals surface area contributed by atoms with E-state index in [4.69, 9.17) is 0 Å². The lowest BCUT2D eigenvalue weighted by Gasteiger charge is -2.36.